The van der Waals surface area contributed by atoms with Gasteiger partial charge in [-0.3, -0.25) is 14.2 Å². The van der Waals surface area contributed by atoms with Crippen molar-refractivity contribution in [3.8, 4) is 5.75 Å². The van der Waals surface area contributed by atoms with Crippen LogP contribution in [0.15, 0.2) is 41.5 Å². The average Bonchev–Trinajstić information content (AvgIpc) is 2.60. The van der Waals surface area contributed by atoms with Gasteiger partial charge < -0.3 is 10.1 Å². The quantitative estimate of drug-likeness (QED) is 0.698. The van der Waals surface area contributed by atoms with Crippen LogP contribution in [-0.2, 0) is 16.6 Å². The van der Waals surface area contributed by atoms with Crippen LogP contribution in [0.4, 0.5) is 24.5 Å². The summed E-state index contributed by atoms with van der Waals surface area (Å²) in [5.41, 5.74) is 2.21. The van der Waals surface area contributed by atoms with Crippen LogP contribution in [-0.4, -0.2) is 34.6 Å². The number of hydrogen-bond acceptors (Lipinski definition) is 5. The van der Waals surface area contributed by atoms with Gasteiger partial charge in [0.25, 0.3) is 0 Å². The van der Waals surface area contributed by atoms with Crippen LogP contribution in [0.5, 0.6) is 5.75 Å². The summed E-state index contributed by atoms with van der Waals surface area (Å²) in [5.74, 6) is 0.311. The smallest absolute Gasteiger partial charge is 0.422 e. The number of ether oxygens (including phenoxy) is 1. The van der Waals surface area contributed by atoms with E-state index in [1.54, 1.807) is 19.1 Å². The molecule has 1 unspecified atom stereocenters. The van der Waals surface area contributed by atoms with Crippen molar-refractivity contribution < 1.29 is 22.1 Å². The van der Waals surface area contributed by atoms with E-state index in [1.165, 1.54) is 12.3 Å². The van der Waals surface area contributed by atoms with Gasteiger partial charge in [-0.1, -0.05) is 12.1 Å². The molecule has 0 bridgehead atoms. The number of hydrogen-bond donors (Lipinski definition) is 1. The second-order valence-electron chi connectivity index (χ2n) is 5.37. The molecule has 1 aromatic heterocycles. The summed E-state index contributed by atoms with van der Waals surface area (Å²) in [7, 11) is -1.33. The number of alkyl halides is 3. The third-order valence-electron chi connectivity index (χ3n) is 3.45. The Labute approximate surface area is 151 Å². The number of para-hydroxylation sites is 2. The van der Waals surface area contributed by atoms with Crippen molar-refractivity contribution in [2.45, 2.75) is 18.9 Å². The van der Waals surface area contributed by atoms with E-state index in [0.29, 0.717) is 22.6 Å². The second-order valence-corrected chi connectivity index (χ2v) is 6.82. The third kappa shape index (κ3) is 5.83. The fourth-order valence-electron chi connectivity index (χ4n) is 2.14. The first kappa shape index (κ1) is 19.9. The van der Waals surface area contributed by atoms with Crippen LogP contribution in [0.3, 0.4) is 0 Å². The molecule has 1 aromatic carbocycles. The third-order valence-corrected chi connectivity index (χ3v) is 4.51. The summed E-state index contributed by atoms with van der Waals surface area (Å²) in [6, 6.07) is 8.54. The number of aliphatic imine (C=N–C) groups is 1. The summed E-state index contributed by atoms with van der Waals surface area (Å²) >= 11 is 0. The molecule has 0 spiro atoms. The molecule has 1 atom stereocenters. The minimum absolute atomic E-state index is 0.0819. The molecule has 0 aliphatic rings. The van der Waals surface area contributed by atoms with Crippen molar-refractivity contribution in [3.63, 3.8) is 0 Å². The first-order chi connectivity index (χ1) is 12.3. The van der Waals surface area contributed by atoms with E-state index >= 15 is 0 Å². The Bertz CT molecular complexity index is 797. The predicted molar refractivity (Wildman–Crippen MR) is 96.5 cm³/mol. The van der Waals surface area contributed by atoms with Gasteiger partial charge in [-0.2, -0.15) is 13.2 Å². The van der Waals surface area contributed by atoms with Crippen molar-refractivity contribution >= 4 is 28.9 Å². The Balaban J connectivity index is 1.99. The molecule has 140 valence electrons. The van der Waals surface area contributed by atoms with Crippen molar-refractivity contribution in [2.75, 3.05) is 17.8 Å². The fourth-order valence-corrected chi connectivity index (χ4v) is 3.16. The number of nitrogens with one attached hydrogen (secondary N) is 1. The molecule has 1 N–H and O–H groups in total. The van der Waals surface area contributed by atoms with Crippen molar-refractivity contribution in [1.82, 2.24) is 4.98 Å². The number of rotatable bonds is 8. The van der Waals surface area contributed by atoms with E-state index in [9.17, 15) is 17.4 Å². The summed E-state index contributed by atoms with van der Waals surface area (Å²) in [4.78, 5) is 7.97. The highest BCUT2D eigenvalue weighted by molar-refractivity contribution is 7.84. The van der Waals surface area contributed by atoms with Crippen LogP contribution in [0.25, 0.3) is 0 Å². The van der Waals surface area contributed by atoms with E-state index < -0.39 is 23.6 Å². The molecule has 5 nitrogen and oxygen atoms in total. The van der Waals surface area contributed by atoms with Gasteiger partial charge in [-0.15, -0.1) is 0 Å². The van der Waals surface area contributed by atoms with Crippen LogP contribution < -0.4 is 10.1 Å². The second kappa shape index (κ2) is 8.79. The Hall–Kier alpha value is -2.42. The molecule has 0 amide bonds. The first-order valence-corrected chi connectivity index (χ1v) is 9.07. The van der Waals surface area contributed by atoms with Crippen molar-refractivity contribution in [1.29, 1.82) is 0 Å². The first-order valence-electron chi connectivity index (χ1n) is 7.59. The normalized spacial score (nSPS) is 12.5. The largest absolute Gasteiger partial charge is 0.484 e. The van der Waals surface area contributed by atoms with Crippen LogP contribution >= 0.6 is 0 Å². The van der Waals surface area contributed by atoms with Gasteiger partial charge in [0.1, 0.15) is 5.75 Å². The molecule has 2 rings (SSSR count). The highest BCUT2D eigenvalue weighted by Crippen LogP contribution is 2.25. The molecule has 0 fully saturated rings. The average molecular weight is 385 g/mol. The zero-order valence-corrected chi connectivity index (χ0v) is 14.9. The van der Waals surface area contributed by atoms with Crippen molar-refractivity contribution in [2.24, 2.45) is 4.99 Å². The van der Waals surface area contributed by atoms with Gasteiger partial charge in [-0.05, 0) is 31.8 Å². The standard InChI is InChI=1S/C17H18F3N3O2S/c1-12-15(22-8-7-16(12)25-10-17(18,19)20)9-26(24)11-23-14-6-4-3-5-13(14)21-2/h3-8,23H,2,9-11H2,1H3. The molecule has 1 heterocycles. The number of nitrogens with zero attached hydrogens (tertiary/aromatic N) is 2. The molecule has 0 saturated heterocycles. The molecule has 0 aliphatic carbocycles. The lowest BCUT2D eigenvalue weighted by molar-refractivity contribution is -0.153. The fraction of sp³-hybridized carbons (Fsp3) is 0.294. The highest BCUT2D eigenvalue weighted by Gasteiger charge is 2.28. The number of benzene rings is 1. The lowest BCUT2D eigenvalue weighted by Crippen LogP contribution is -2.20. The van der Waals surface area contributed by atoms with Crippen LogP contribution in [0.1, 0.15) is 11.3 Å². The van der Waals surface area contributed by atoms with Gasteiger partial charge in [-0.25, -0.2) is 0 Å². The molecule has 26 heavy (non-hydrogen) atoms. The van der Waals surface area contributed by atoms with E-state index in [0.717, 1.165) is 0 Å². The summed E-state index contributed by atoms with van der Waals surface area (Å²) in [6.45, 7) is 3.68. The van der Waals surface area contributed by atoms with Crippen molar-refractivity contribution in [3.05, 3.63) is 47.8 Å². The maximum atomic E-state index is 12.3. The Morgan fingerprint density at radius 3 is 2.73 bits per heavy atom. The molecule has 9 heteroatoms. The van der Waals surface area contributed by atoms with Gasteiger partial charge >= 0.3 is 6.18 Å². The Kier molecular flexibility index (Phi) is 6.73. The van der Waals surface area contributed by atoms with Crippen LogP contribution in [0.2, 0.25) is 0 Å². The monoisotopic (exact) mass is 385 g/mol. The predicted octanol–water partition coefficient (Wildman–Crippen LogP) is 3.98. The van der Waals surface area contributed by atoms with E-state index in [-0.39, 0.29) is 17.4 Å². The maximum Gasteiger partial charge on any atom is 0.422 e. The molecular weight excluding hydrogens is 367 g/mol. The van der Waals surface area contributed by atoms with Gasteiger partial charge in [0, 0.05) is 22.6 Å². The minimum Gasteiger partial charge on any atom is -0.484 e. The van der Waals surface area contributed by atoms with Gasteiger partial charge in [0.05, 0.1) is 28.7 Å². The number of aromatic nitrogens is 1. The number of anilines is 1. The number of pyridine rings is 1. The Morgan fingerprint density at radius 2 is 2.04 bits per heavy atom. The SMILES string of the molecule is C=Nc1ccccc1NCS(=O)Cc1nccc(OCC(F)(F)F)c1C. The van der Waals surface area contributed by atoms with Gasteiger partial charge in [0.2, 0.25) is 0 Å². The minimum atomic E-state index is -4.42. The van der Waals surface area contributed by atoms with Crippen LogP contribution in [0, 0.1) is 6.92 Å². The maximum absolute atomic E-state index is 12.3. The van der Waals surface area contributed by atoms with E-state index in [2.05, 4.69) is 22.0 Å². The molecule has 2 aromatic rings. The van der Waals surface area contributed by atoms with E-state index in [1.807, 2.05) is 12.1 Å². The lowest BCUT2D eigenvalue weighted by Gasteiger charge is -2.14. The molecule has 0 aliphatic heterocycles. The summed E-state index contributed by atoms with van der Waals surface area (Å²) < 4.78 is 54.0. The molecular formula is C17H18F3N3O2S. The van der Waals surface area contributed by atoms with Gasteiger partial charge in [0.15, 0.2) is 6.61 Å². The van der Waals surface area contributed by atoms with E-state index in [4.69, 9.17) is 4.74 Å². The summed E-state index contributed by atoms with van der Waals surface area (Å²) in [5, 5.41) is 3.02. The molecule has 0 saturated carbocycles. The topological polar surface area (TPSA) is 63.6 Å². The lowest BCUT2D eigenvalue weighted by atomic mass is 10.2. The zero-order valence-electron chi connectivity index (χ0n) is 14.0. The molecule has 0 radical (unpaired) electrons. The Morgan fingerprint density at radius 1 is 1.31 bits per heavy atom. The number of halogens is 3. The zero-order chi connectivity index (χ0) is 19.2. The summed E-state index contributed by atoms with van der Waals surface area (Å²) in [6.07, 6.45) is -3.08. The highest BCUT2D eigenvalue weighted by atomic mass is 32.2.